The third-order valence-corrected chi connectivity index (χ3v) is 5.84. The number of likely N-dealkylation sites (N-methyl/N-ethyl adjacent to an activating group) is 1. The second-order valence-corrected chi connectivity index (χ2v) is 6.82. The van der Waals surface area contributed by atoms with Crippen LogP contribution in [-0.4, -0.2) is 35.0 Å². The quantitative estimate of drug-likeness (QED) is 0.892. The smallest absolute Gasteiger partial charge is 0.0425 e. The molecule has 1 aliphatic heterocycles. The number of nitrogens with zero attached hydrogens (tertiary/aromatic N) is 1. The van der Waals surface area contributed by atoms with E-state index in [9.17, 15) is 0 Å². The molecule has 1 aliphatic rings. The van der Waals surface area contributed by atoms with Gasteiger partial charge in [0, 0.05) is 29.3 Å². The average Bonchev–Trinajstić information content (AvgIpc) is 2.89. The summed E-state index contributed by atoms with van der Waals surface area (Å²) >= 11 is 3.92. The number of nitrogens with two attached hydrogens (primary N) is 1. The van der Waals surface area contributed by atoms with Gasteiger partial charge in [-0.1, -0.05) is 13.0 Å². The molecule has 0 amide bonds. The summed E-state index contributed by atoms with van der Waals surface area (Å²) in [4.78, 5) is 4.04. The van der Waals surface area contributed by atoms with E-state index in [0.717, 1.165) is 19.6 Å². The molecule has 1 saturated heterocycles. The first-order valence-electron chi connectivity index (χ1n) is 6.36. The second kappa shape index (κ2) is 6.23. The van der Waals surface area contributed by atoms with Crippen LogP contribution in [0.3, 0.4) is 0 Å². The first kappa shape index (κ1) is 13.4. The third kappa shape index (κ3) is 3.05. The highest BCUT2D eigenvalue weighted by Crippen LogP contribution is 2.32. The van der Waals surface area contributed by atoms with Gasteiger partial charge in [-0.05, 0) is 36.6 Å². The predicted molar refractivity (Wildman–Crippen MR) is 78.7 cm³/mol. The Hall–Kier alpha value is -0.0300. The van der Waals surface area contributed by atoms with Crippen LogP contribution in [0.25, 0.3) is 0 Å². The molecule has 2 rings (SSSR count). The molecule has 1 unspecified atom stereocenters. The molecule has 0 aliphatic carbocycles. The highest BCUT2D eigenvalue weighted by Gasteiger charge is 2.36. The summed E-state index contributed by atoms with van der Waals surface area (Å²) in [7, 11) is 0. The van der Waals surface area contributed by atoms with Gasteiger partial charge in [-0.15, -0.1) is 11.3 Å². The van der Waals surface area contributed by atoms with Gasteiger partial charge in [0.05, 0.1) is 0 Å². The van der Waals surface area contributed by atoms with E-state index in [-0.39, 0.29) is 5.54 Å². The maximum absolute atomic E-state index is 6.09. The van der Waals surface area contributed by atoms with Crippen molar-refractivity contribution < 1.29 is 0 Å². The van der Waals surface area contributed by atoms with Crippen LogP contribution in [0.2, 0.25) is 0 Å². The van der Waals surface area contributed by atoms with Crippen molar-refractivity contribution in [1.29, 1.82) is 0 Å². The lowest BCUT2D eigenvalue weighted by Crippen LogP contribution is -2.56. The monoisotopic (exact) mass is 270 g/mol. The maximum Gasteiger partial charge on any atom is 0.0425 e. The van der Waals surface area contributed by atoms with Crippen LogP contribution in [0.5, 0.6) is 0 Å². The lowest BCUT2D eigenvalue weighted by Gasteiger charge is -2.45. The van der Waals surface area contributed by atoms with Gasteiger partial charge in [0.25, 0.3) is 0 Å². The molecule has 0 bridgehead atoms. The molecule has 0 aromatic carbocycles. The van der Waals surface area contributed by atoms with E-state index >= 15 is 0 Å². The Bertz CT molecular complexity index is 318. The molecule has 1 fully saturated rings. The fourth-order valence-electron chi connectivity index (χ4n) is 2.58. The molecule has 4 heteroatoms. The number of thioether (sulfide) groups is 1. The molecule has 2 heterocycles. The van der Waals surface area contributed by atoms with Crippen molar-refractivity contribution in [3.05, 3.63) is 22.4 Å². The van der Waals surface area contributed by atoms with E-state index in [1.165, 1.54) is 29.2 Å². The fourth-order valence-corrected chi connectivity index (χ4v) is 4.62. The standard InChI is InChI=1S/C13H22N2S2/c1-2-15(9-12-5-3-8-17-12)13(10-14)6-4-7-16-11-13/h3,5,8H,2,4,6-7,9-11,14H2,1H3. The molecule has 1 atom stereocenters. The van der Waals surface area contributed by atoms with Crippen molar-refractivity contribution in [2.45, 2.75) is 31.8 Å². The zero-order valence-electron chi connectivity index (χ0n) is 10.5. The second-order valence-electron chi connectivity index (χ2n) is 4.68. The van der Waals surface area contributed by atoms with E-state index in [1.807, 2.05) is 11.3 Å². The summed E-state index contributed by atoms with van der Waals surface area (Å²) in [6.45, 7) is 5.20. The average molecular weight is 270 g/mol. The Kier molecular flexibility index (Phi) is 4.91. The Morgan fingerprint density at radius 2 is 2.41 bits per heavy atom. The van der Waals surface area contributed by atoms with E-state index in [1.54, 1.807) is 0 Å². The van der Waals surface area contributed by atoms with Crippen molar-refractivity contribution in [3.8, 4) is 0 Å². The molecule has 0 radical (unpaired) electrons. The van der Waals surface area contributed by atoms with E-state index in [4.69, 9.17) is 5.73 Å². The molecule has 96 valence electrons. The molecular weight excluding hydrogens is 248 g/mol. The SMILES string of the molecule is CCN(Cc1cccs1)C1(CN)CCCSC1. The van der Waals surface area contributed by atoms with Crippen molar-refractivity contribution in [3.63, 3.8) is 0 Å². The van der Waals surface area contributed by atoms with Gasteiger partial charge >= 0.3 is 0 Å². The molecule has 0 spiro atoms. The molecule has 0 saturated carbocycles. The normalized spacial score (nSPS) is 25.4. The van der Waals surface area contributed by atoms with Crippen LogP contribution in [-0.2, 0) is 6.54 Å². The van der Waals surface area contributed by atoms with E-state index in [2.05, 4.69) is 41.1 Å². The van der Waals surface area contributed by atoms with Crippen LogP contribution >= 0.6 is 23.1 Å². The van der Waals surface area contributed by atoms with Crippen LogP contribution in [0.1, 0.15) is 24.6 Å². The summed E-state index contributed by atoms with van der Waals surface area (Å²) in [5.74, 6) is 2.50. The summed E-state index contributed by atoms with van der Waals surface area (Å²) in [5.41, 5.74) is 6.33. The number of hydrogen-bond donors (Lipinski definition) is 1. The van der Waals surface area contributed by atoms with Gasteiger partial charge in [0.2, 0.25) is 0 Å². The van der Waals surface area contributed by atoms with Gasteiger partial charge < -0.3 is 5.73 Å². The van der Waals surface area contributed by atoms with Crippen molar-refractivity contribution in [1.82, 2.24) is 4.90 Å². The van der Waals surface area contributed by atoms with Crippen LogP contribution in [0, 0.1) is 0 Å². The van der Waals surface area contributed by atoms with Crippen molar-refractivity contribution >= 4 is 23.1 Å². The Balaban J connectivity index is 2.09. The van der Waals surface area contributed by atoms with Gasteiger partial charge in [-0.2, -0.15) is 11.8 Å². The molecule has 1 aromatic rings. The maximum atomic E-state index is 6.09. The number of rotatable bonds is 5. The largest absolute Gasteiger partial charge is 0.329 e. The molecule has 17 heavy (non-hydrogen) atoms. The van der Waals surface area contributed by atoms with E-state index in [0.29, 0.717) is 0 Å². The summed E-state index contributed by atoms with van der Waals surface area (Å²) in [6.07, 6.45) is 2.57. The molecule has 1 aromatic heterocycles. The summed E-state index contributed by atoms with van der Waals surface area (Å²) < 4.78 is 0. The highest BCUT2D eigenvalue weighted by atomic mass is 32.2. The zero-order valence-corrected chi connectivity index (χ0v) is 12.2. The molecule has 2 N–H and O–H groups in total. The Morgan fingerprint density at radius 1 is 1.53 bits per heavy atom. The minimum Gasteiger partial charge on any atom is -0.329 e. The van der Waals surface area contributed by atoms with Gasteiger partial charge in [0.15, 0.2) is 0 Å². The van der Waals surface area contributed by atoms with Crippen molar-refractivity contribution in [2.75, 3.05) is 24.6 Å². The van der Waals surface area contributed by atoms with Crippen LogP contribution < -0.4 is 5.73 Å². The minimum absolute atomic E-state index is 0.238. The zero-order chi connectivity index (χ0) is 12.1. The third-order valence-electron chi connectivity index (χ3n) is 3.66. The predicted octanol–water partition coefficient (Wildman–Crippen LogP) is 2.79. The van der Waals surface area contributed by atoms with E-state index < -0.39 is 0 Å². The molecule has 2 nitrogen and oxygen atoms in total. The molecular formula is C13H22N2S2. The van der Waals surface area contributed by atoms with Gasteiger partial charge in [0.1, 0.15) is 0 Å². The van der Waals surface area contributed by atoms with Gasteiger partial charge in [-0.25, -0.2) is 0 Å². The summed E-state index contributed by atoms with van der Waals surface area (Å²) in [5, 5.41) is 2.16. The van der Waals surface area contributed by atoms with Crippen molar-refractivity contribution in [2.24, 2.45) is 5.73 Å². The van der Waals surface area contributed by atoms with Gasteiger partial charge in [-0.3, -0.25) is 4.90 Å². The lowest BCUT2D eigenvalue weighted by atomic mass is 9.93. The summed E-state index contributed by atoms with van der Waals surface area (Å²) in [6, 6.07) is 4.37. The Labute approximate surface area is 113 Å². The fraction of sp³-hybridized carbons (Fsp3) is 0.692. The number of thiophene rings is 1. The first-order valence-corrected chi connectivity index (χ1v) is 8.39. The first-order chi connectivity index (χ1) is 8.30. The van der Waals surface area contributed by atoms with Crippen LogP contribution in [0.4, 0.5) is 0 Å². The lowest BCUT2D eigenvalue weighted by molar-refractivity contribution is 0.102. The minimum atomic E-state index is 0.238. The van der Waals surface area contributed by atoms with Crippen LogP contribution in [0.15, 0.2) is 17.5 Å². The highest BCUT2D eigenvalue weighted by molar-refractivity contribution is 7.99. The topological polar surface area (TPSA) is 29.3 Å². The number of hydrogen-bond acceptors (Lipinski definition) is 4. The Morgan fingerprint density at radius 3 is 2.94 bits per heavy atom.